The van der Waals surface area contributed by atoms with Crippen LogP contribution >= 0.6 is 22.1 Å². The number of nitrogens with one attached hydrogen (secondary N) is 2. The summed E-state index contributed by atoms with van der Waals surface area (Å²) in [5.74, 6) is -0.675. The Bertz CT molecular complexity index is 1180. The van der Waals surface area contributed by atoms with Crippen molar-refractivity contribution in [2.45, 2.75) is 62.5 Å². The molecule has 1 unspecified atom stereocenters. The van der Waals surface area contributed by atoms with Crippen LogP contribution < -0.4 is 15.8 Å². The fourth-order valence-electron chi connectivity index (χ4n) is 4.75. The van der Waals surface area contributed by atoms with Gasteiger partial charge >= 0.3 is 0 Å². The first kappa shape index (κ1) is 24.8. The summed E-state index contributed by atoms with van der Waals surface area (Å²) < 4.78 is 29.8. The summed E-state index contributed by atoms with van der Waals surface area (Å²) in [6.07, 6.45) is 3.77. The highest BCUT2D eigenvalue weighted by molar-refractivity contribution is 8.29. The standard InChI is InChI=1S/C23H30ClFN6O2S/c1-13-11-14(24)12-27-18(13)20(32)30-17-9-8-15(25)19(29-17)23(4)16-7-5-6-10-28-34(16,33)22(2,3)21(26)31-23/h8-9,11-12,16,28,33H,5-7,10H2,1-4H3,(H2,26,31)(H,29,30,32)/t16-,23-/m0/s1. The Morgan fingerprint density at radius 2 is 2.09 bits per heavy atom. The van der Waals surface area contributed by atoms with Crippen molar-refractivity contribution >= 4 is 39.7 Å². The minimum absolute atomic E-state index is 0.0316. The van der Waals surface area contributed by atoms with Gasteiger partial charge in [0.15, 0.2) is 0 Å². The molecule has 34 heavy (non-hydrogen) atoms. The van der Waals surface area contributed by atoms with E-state index >= 15 is 4.39 Å². The molecule has 0 radical (unpaired) electrons. The zero-order valence-electron chi connectivity index (χ0n) is 19.7. The van der Waals surface area contributed by atoms with Gasteiger partial charge in [-0.25, -0.2) is 14.4 Å². The van der Waals surface area contributed by atoms with Crippen molar-refractivity contribution in [3.8, 4) is 0 Å². The smallest absolute Gasteiger partial charge is 0.275 e. The summed E-state index contributed by atoms with van der Waals surface area (Å²) in [7, 11) is -2.53. The summed E-state index contributed by atoms with van der Waals surface area (Å²) in [6, 6.07) is 4.27. The number of amides is 1. The van der Waals surface area contributed by atoms with Crippen LogP contribution in [-0.4, -0.2) is 42.8 Å². The van der Waals surface area contributed by atoms with Crippen LogP contribution in [0.25, 0.3) is 0 Å². The minimum atomic E-state index is -2.53. The first-order valence-electron chi connectivity index (χ1n) is 11.2. The van der Waals surface area contributed by atoms with E-state index < -0.39 is 37.8 Å². The van der Waals surface area contributed by atoms with Crippen LogP contribution in [0.4, 0.5) is 10.2 Å². The second-order valence-electron chi connectivity index (χ2n) is 9.46. The third-order valence-corrected chi connectivity index (χ3v) is 11.0. The van der Waals surface area contributed by atoms with Crippen molar-refractivity contribution in [1.29, 1.82) is 0 Å². The average Bonchev–Trinajstić information content (AvgIpc) is 2.97. The molecule has 0 bridgehead atoms. The number of amidine groups is 1. The number of anilines is 1. The van der Waals surface area contributed by atoms with E-state index in [9.17, 15) is 9.35 Å². The number of halogens is 2. The van der Waals surface area contributed by atoms with Crippen LogP contribution in [-0.2, 0) is 5.54 Å². The van der Waals surface area contributed by atoms with Gasteiger partial charge in [-0.2, -0.15) is 0 Å². The summed E-state index contributed by atoms with van der Waals surface area (Å²) in [6.45, 7) is 7.87. The van der Waals surface area contributed by atoms with Crippen LogP contribution in [0.15, 0.2) is 29.4 Å². The number of rotatable bonds is 3. The molecule has 11 heteroatoms. The Hall–Kier alpha value is -2.27. The van der Waals surface area contributed by atoms with Crippen molar-refractivity contribution in [3.63, 3.8) is 0 Å². The topological polar surface area (TPSA) is 126 Å². The number of nitrogens with two attached hydrogens (primary N) is 1. The van der Waals surface area contributed by atoms with Gasteiger partial charge in [-0.3, -0.25) is 14.5 Å². The predicted molar refractivity (Wildman–Crippen MR) is 135 cm³/mol. The quantitative estimate of drug-likeness (QED) is 0.482. The number of aliphatic imine (C=N–C) groups is 1. The van der Waals surface area contributed by atoms with Gasteiger partial charge in [0.25, 0.3) is 5.91 Å². The molecule has 3 atom stereocenters. The highest BCUT2D eigenvalue weighted by Gasteiger charge is 2.59. The molecule has 0 aromatic carbocycles. The first-order chi connectivity index (χ1) is 15.9. The van der Waals surface area contributed by atoms with E-state index in [-0.39, 0.29) is 23.0 Å². The Morgan fingerprint density at radius 1 is 1.35 bits per heavy atom. The minimum Gasteiger partial charge on any atom is -0.386 e. The van der Waals surface area contributed by atoms with Crippen molar-refractivity contribution < 1.29 is 13.7 Å². The number of hydrogen-bond donors (Lipinski definition) is 4. The molecule has 2 aliphatic rings. The number of pyridine rings is 2. The Balaban J connectivity index is 1.77. The SMILES string of the molecule is Cc1cc(Cl)cnc1C(=O)Nc1ccc(F)c([C@@]2(C)N=C(N)C(C)(C)S3(O)NCCCC[C@@H]23)n1. The number of nitrogens with zero attached hydrogens (tertiary/aromatic N) is 3. The molecule has 5 N–H and O–H groups in total. The maximum absolute atomic E-state index is 15.3. The van der Waals surface area contributed by atoms with Gasteiger partial charge in [-0.15, -0.1) is 0 Å². The Kier molecular flexibility index (Phi) is 6.39. The lowest BCUT2D eigenvalue weighted by Crippen LogP contribution is -2.60. The molecule has 184 valence electrons. The van der Waals surface area contributed by atoms with Crippen LogP contribution in [0.5, 0.6) is 0 Å². The summed E-state index contributed by atoms with van der Waals surface area (Å²) in [4.78, 5) is 26.1. The zero-order chi connectivity index (χ0) is 24.9. The van der Waals surface area contributed by atoms with E-state index in [2.05, 4.69) is 20.0 Å². The van der Waals surface area contributed by atoms with Gasteiger partial charge < -0.3 is 15.6 Å². The predicted octanol–water partition coefficient (Wildman–Crippen LogP) is 4.53. The van der Waals surface area contributed by atoms with Gasteiger partial charge in [0.1, 0.15) is 34.4 Å². The molecule has 1 saturated heterocycles. The van der Waals surface area contributed by atoms with Crippen LogP contribution in [0, 0.1) is 12.7 Å². The molecule has 2 aromatic rings. The third-order valence-electron chi connectivity index (χ3n) is 6.83. The fraction of sp³-hybridized carbons (Fsp3) is 0.478. The van der Waals surface area contributed by atoms with Crippen molar-refractivity contribution in [1.82, 2.24) is 14.7 Å². The second-order valence-corrected chi connectivity index (χ2v) is 13.0. The molecule has 2 aromatic heterocycles. The number of aryl methyl sites for hydroxylation is 1. The van der Waals surface area contributed by atoms with Gasteiger partial charge in [-0.1, -0.05) is 28.5 Å². The molecule has 1 amide bonds. The first-order valence-corrected chi connectivity index (χ1v) is 13.2. The van der Waals surface area contributed by atoms with E-state index in [4.69, 9.17) is 22.3 Å². The largest absolute Gasteiger partial charge is 0.386 e. The molecule has 8 nitrogen and oxygen atoms in total. The van der Waals surface area contributed by atoms with Gasteiger partial charge in [0.2, 0.25) is 0 Å². The van der Waals surface area contributed by atoms with Gasteiger partial charge in [0, 0.05) is 12.7 Å². The molecule has 0 saturated carbocycles. The lowest BCUT2D eigenvalue weighted by atomic mass is 9.88. The van der Waals surface area contributed by atoms with Crippen molar-refractivity contribution in [3.05, 3.63) is 52.2 Å². The summed E-state index contributed by atoms with van der Waals surface area (Å²) >= 11 is 5.94. The highest BCUT2D eigenvalue weighted by atomic mass is 35.5. The summed E-state index contributed by atoms with van der Waals surface area (Å²) in [5.41, 5.74) is 5.98. The fourth-order valence-corrected chi connectivity index (χ4v) is 8.39. The molecular formula is C23H30ClFN6O2S. The van der Waals surface area contributed by atoms with Crippen LogP contribution in [0.1, 0.15) is 61.8 Å². The average molecular weight is 509 g/mol. The normalized spacial score (nSPS) is 30.3. The Labute approximate surface area is 205 Å². The third kappa shape index (κ3) is 3.96. The van der Waals surface area contributed by atoms with Crippen molar-refractivity contribution in [2.24, 2.45) is 10.7 Å². The van der Waals surface area contributed by atoms with Crippen molar-refractivity contribution in [2.75, 3.05) is 11.9 Å². The van der Waals surface area contributed by atoms with E-state index in [0.29, 0.717) is 23.6 Å². The number of carbonyl (C=O) groups is 1. The maximum Gasteiger partial charge on any atom is 0.275 e. The molecule has 4 rings (SSSR count). The lowest BCUT2D eigenvalue weighted by molar-refractivity contribution is 0.102. The lowest BCUT2D eigenvalue weighted by Gasteiger charge is -2.58. The molecule has 4 heterocycles. The van der Waals surface area contributed by atoms with Crippen LogP contribution in [0.3, 0.4) is 0 Å². The number of carbonyl (C=O) groups excluding carboxylic acids is 1. The van der Waals surface area contributed by atoms with E-state index in [0.717, 1.165) is 12.8 Å². The summed E-state index contributed by atoms with van der Waals surface area (Å²) in [5, 5.41) is 2.69. The molecule has 1 fully saturated rings. The number of aromatic nitrogens is 2. The molecule has 2 aliphatic heterocycles. The number of hydrogen-bond acceptors (Lipinski definition) is 7. The maximum atomic E-state index is 15.3. The monoisotopic (exact) mass is 508 g/mol. The van der Waals surface area contributed by atoms with Crippen LogP contribution in [0.2, 0.25) is 5.02 Å². The number of fused-ring (bicyclic) bond motifs is 1. The van der Waals surface area contributed by atoms with Gasteiger partial charge in [0.05, 0.1) is 15.0 Å². The van der Waals surface area contributed by atoms with E-state index in [1.807, 2.05) is 13.8 Å². The van der Waals surface area contributed by atoms with E-state index in [1.54, 1.807) is 19.9 Å². The molecule has 0 aliphatic carbocycles. The zero-order valence-corrected chi connectivity index (χ0v) is 21.2. The Morgan fingerprint density at radius 3 is 2.79 bits per heavy atom. The molecule has 0 spiro atoms. The molecular weight excluding hydrogens is 479 g/mol. The van der Waals surface area contributed by atoms with Gasteiger partial charge in [-0.05, 0) is 64.3 Å². The van der Waals surface area contributed by atoms with E-state index in [1.165, 1.54) is 18.3 Å². The highest BCUT2D eigenvalue weighted by Crippen LogP contribution is 2.66. The second kappa shape index (κ2) is 8.75.